The fourth-order valence-electron chi connectivity index (χ4n) is 7.13. The number of rotatable bonds is 5. The molecule has 0 saturated carbocycles. The molecule has 10 aromatic rings. The fraction of sp³-hybridized carbons (Fsp3) is 0. The van der Waals surface area contributed by atoms with Crippen molar-refractivity contribution in [2.24, 2.45) is 0 Å². The van der Waals surface area contributed by atoms with Gasteiger partial charge in [-0.15, -0.1) is 0 Å². The Kier molecular flexibility index (Phi) is 7.36. The van der Waals surface area contributed by atoms with Gasteiger partial charge in [-0.25, -0.2) is 23.7 Å². The zero-order valence-corrected chi connectivity index (χ0v) is 28.3. The Morgan fingerprint density at radius 3 is 1.22 bits per heavy atom. The Bertz CT molecular complexity index is 2910. The molecule has 0 saturated heterocycles. The third-order valence-corrected chi connectivity index (χ3v) is 9.52. The van der Waals surface area contributed by atoms with E-state index in [1.54, 1.807) is 24.8 Å². The molecule has 254 valence electrons. The Morgan fingerprint density at radius 2 is 0.741 bits per heavy atom. The van der Waals surface area contributed by atoms with Crippen LogP contribution >= 0.6 is 0 Å². The first kappa shape index (κ1) is 31.4. The van der Waals surface area contributed by atoms with Gasteiger partial charge in [-0.3, -0.25) is 19.9 Å². The minimum Gasteiger partial charge on any atom is -0.254 e. The highest BCUT2D eigenvalue weighted by molar-refractivity contribution is 6.11. The highest BCUT2D eigenvalue weighted by atomic mass is 19.1. The Balaban J connectivity index is 1.17. The smallest absolute Gasteiger partial charge is 0.164 e. The summed E-state index contributed by atoms with van der Waals surface area (Å²) in [6.45, 7) is 0. The maximum atomic E-state index is 15.7. The van der Waals surface area contributed by atoms with E-state index in [2.05, 4.69) is 19.9 Å². The van der Waals surface area contributed by atoms with Crippen molar-refractivity contribution in [2.45, 2.75) is 0 Å². The van der Waals surface area contributed by atoms with E-state index in [0.717, 1.165) is 60.3 Å². The molecule has 0 radical (unpaired) electrons. The van der Waals surface area contributed by atoms with E-state index < -0.39 is 11.6 Å². The minimum absolute atomic E-state index is 0.238. The lowest BCUT2D eigenvalue weighted by molar-refractivity contribution is 0.628. The van der Waals surface area contributed by atoms with Crippen molar-refractivity contribution in [3.63, 3.8) is 0 Å². The number of pyridine rings is 4. The minimum atomic E-state index is -0.464. The average Bonchev–Trinajstić information content (AvgIpc) is 3.23. The van der Waals surface area contributed by atoms with Crippen LogP contribution in [0, 0.1) is 11.6 Å². The van der Waals surface area contributed by atoms with Crippen molar-refractivity contribution >= 4 is 43.6 Å². The van der Waals surface area contributed by atoms with E-state index in [-0.39, 0.29) is 11.6 Å². The molecule has 54 heavy (non-hydrogen) atoms. The quantitative estimate of drug-likeness (QED) is 0.165. The SMILES string of the molecule is Fc1cc(-c2nc(-c3ccccc3)nc(-c3cc(F)cc(-c4cc5cccnc5c5ncccc45)c3)n2)cc(-c2cc3cccnc3c3ncccc23)c1. The first-order valence-corrected chi connectivity index (χ1v) is 17.2. The maximum Gasteiger partial charge on any atom is 0.164 e. The van der Waals surface area contributed by atoms with Gasteiger partial charge in [-0.1, -0.05) is 54.6 Å². The third-order valence-electron chi connectivity index (χ3n) is 9.52. The molecule has 0 fully saturated rings. The lowest BCUT2D eigenvalue weighted by Gasteiger charge is -2.13. The summed E-state index contributed by atoms with van der Waals surface area (Å²) < 4.78 is 31.5. The first-order valence-electron chi connectivity index (χ1n) is 17.2. The monoisotopic (exact) mass is 701 g/mol. The van der Waals surface area contributed by atoms with Crippen LogP contribution in [0.2, 0.25) is 0 Å². The fourth-order valence-corrected chi connectivity index (χ4v) is 7.13. The summed E-state index contributed by atoms with van der Waals surface area (Å²) in [4.78, 5) is 33.0. The van der Waals surface area contributed by atoms with Gasteiger partial charge in [0, 0.05) is 63.0 Å². The van der Waals surface area contributed by atoms with Gasteiger partial charge in [0.2, 0.25) is 0 Å². The summed E-state index contributed by atoms with van der Waals surface area (Å²) in [5.74, 6) is -0.0877. The van der Waals surface area contributed by atoms with Crippen molar-refractivity contribution < 1.29 is 8.78 Å². The van der Waals surface area contributed by atoms with Crippen LogP contribution in [-0.2, 0) is 0 Å². The number of hydrogen-bond donors (Lipinski definition) is 0. The van der Waals surface area contributed by atoms with Crippen molar-refractivity contribution in [1.82, 2.24) is 34.9 Å². The van der Waals surface area contributed by atoms with Crippen molar-refractivity contribution in [3.05, 3.63) is 164 Å². The van der Waals surface area contributed by atoms with Crippen LogP contribution in [0.15, 0.2) is 152 Å². The maximum absolute atomic E-state index is 15.7. The summed E-state index contributed by atoms with van der Waals surface area (Å²) in [5.41, 5.74) is 7.40. The molecule has 0 N–H and O–H groups in total. The first-order chi connectivity index (χ1) is 26.6. The summed E-state index contributed by atoms with van der Waals surface area (Å²) in [7, 11) is 0. The van der Waals surface area contributed by atoms with Gasteiger partial charge >= 0.3 is 0 Å². The summed E-state index contributed by atoms with van der Waals surface area (Å²) in [5, 5.41) is 3.43. The van der Waals surface area contributed by atoms with Crippen LogP contribution < -0.4 is 0 Å². The molecule has 0 amide bonds. The van der Waals surface area contributed by atoms with E-state index in [9.17, 15) is 0 Å². The highest BCUT2D eigenvalue weighted by Gasteiger charge is 2.18. The van der Waals surface area contributed by atoms with E-state index >= 15 is 8.78 Å². The molecule has 0 aliphatic heterocycles. The summed E-state index contributed by atoms with van der Waals surface area (Å²) in [6.07, 6.45) is 6.92. The molecule has 9 heteroatoms. The zero-order chi connectivity index (χ0) is 36.2. The molecule has 5 aromatic carbocycles. The van der Waals surface area contributed by atoms with Gasteiger partial charge in [0.15, 0.2) is 17.5 Å². The van der Waals surface area contributed by atoms with E-state index in [1.807, 2.05) is 103 Å². The van der Waals surface area contributed by atoms with Gasteiger partial charge in [0.05, 0.1) is 22.1 Å². The molecule has 5 aromatic heterocycles. The zero-order valence-electron chi connectivity index (χ0n) is 28.3. The van der Waals surface area contributed by atoms with Gasteiger partial charge in [0.1, 0.15) is 11.6 Å². The van der Waals surface area contributed by atoms with Gasteiger partial charge in [0.25, 0.3) is 0 Å². The molecule has 0 aliphatic rings. The Hall–Kier alpha value is -7.39. The predicted octanol–water partition coefficient (Wildman–Crippen LogP) is 10.7. The van der Waals surface area contributed by atoms with Crippen LogP contribution in [-0.4, -0.2) is 34.9 Å². The number of halogens is 2. The van der Waals surface area contributed by atoms with Crippen LogP contribution in [0.5, 0.6) is 0 Å². The molecule has 0 unspecified atom stereocenters. The van der Waals surface area contributed by atoms with Gasteiger partial charge in [-0.05, 0) is 95.1 Å². The molecular formula is C45H25F2N7. The second kappa shape index (κ2) is 12.7. The average molecular weight is 702 g/mol. The largest absolute Gasteiger partial charge is 0.254 e. The molecule has 10 rings (SSSR count). The van der Waals surface area contributed by atoms with Gasteiger partial charge in [-0.2, -0.15) is 0 Å². The lowest BCUT2D eigenvalue weighted by atomic mass is 9.96. The van der Waals surface area contributed by atoms with Crippen molar-refractivity contribution in [2.75, 3.05) is 0 Å². The van der Waals surface area contributed by atoms with Gasteiger partial charge < -0.3 is 0 Å². The highest BCUT2D eigenvalue weighted by Crippen LogP contribution is 2.38. The second-order valence-corrected chi connectivity index (χ2v) is 12.9. The van der Waals surface area contributed by atoms with Crippen LogP contribution in [0.25, 0.3) is 100 Å². The standard InChI is InChI=1S/C45H25F2N7/c46-33-20-29(37-24-27-10-4-14-48-39(27)41-35(37)12-6-16-50-41)18-31(22-33)44-52-43(26-8-2-1-3-9-26)53-45(54-44)32-19-30(21-34(47)23-32)38-25-28-11-5-15-49-40(28)42-36(38)13-7-17-51-42/h1-25H. The van der Waals surface area contributed by atoms with Crippen LogP contribution in [0.1, 0.15) is 0 Å². The number of nitrogens with zero attached hydrogens (tertiary/aromatic N) is 7. The molecular weight excluding hydrogens is 677 g/mol. The van der Waals surface area contributed by atoms with E-state index in [4.69, 9.17) is 15.0 Å². The summed E-state index contributed by atoms with van der Waals surface area (Å²) >= 11 is 0. The molecule has 0 bridgehead atoms. The second-order valence-electron chi connectivity index (χ2n) is 12.9. The molecule has 0 spiro atoms. The lowest BCUT2D eigenvalue weighted by Crippen LogP contribution is -2.01. The van der Waals surface area contributed by atoms with E-state index in [1.165, 1.54) is 24.3 Å². The molecule has 0 atom stereocenters. The molecule has 5 heterocycles. The Labute approximate surface area is 306 Å². The van der Waals surface area contributed by atoms with Crippen LogP contribution in [0.3, 0.4) is 0 Å². The Morgan fingerprint density at radius 1 is 0.333 bits per heavy atom. The summed E-state index contributed by atoms with van der Waals surface area (Å²) in [6, 6.07) is 38.2. The predicted molar refractivity (Wildman–Crippen MR) is 208 cm³/mol. The number of benzene rings is 5. The van der Waals surface area contributed by atoms with E-state index in [0.29, 0.717) is 28.1 Å². The van der Waals surface area contributed by atoms with Crippen molar-refractivity contribution in [3.8, 4) is 56.4 Å². The molecule has 0 aliphatic carbocycles. The van der Waals surface area contributed by atoms with Crippen LogP contribution in [0.4, 0.5) is 8.78 Å². The third kappa shape index (κ3) is 5.46. The topological polar surface area (TPSA) is 90.2 Å². The molecule has 7 nitrogen and oxygen atoms in total. The number of fused-ring (bicyclic) bond motifs is 6. The normalized spacial score (nSPS) is 11.5. The van der Waals surface area contributed by atoms with Crippen molar-refractivity contribution in [1.29, 1.82) is 0 Å². The number of aromatic nitrogens is 7. The number of hydrogen-bond acceptors (Lipinski definition) is 7.